The van der Waals surface area contributed by atoms with Gasteiger partial charge in [0, 0.05) is 10.9 Å². The Morgan fingerprint density at radius 2 is 2.07 bits per heavy atom. The minimum atomic E-state index is -0.209. The minimum Gasteiger partial charge on any atom is -0.494 e. The number of methoxy groups -OCH3 is 1. The molecule has 0 aliphatic heterocycles. The molecule has 8 heteroatoms. The SMILES string of the molecule is CCCc1nc2ccc(Br)cc2c(=O)n1N=Cc1cc(Cl)c(OC)c(Br)c1. The van der Waals surface area contributed by atoms with Crippen molar-refractivity contribution in [3.63, 3.8) is 0 Å². The van der Waals surface area contributed by atoms with E-state index in [1.807, 2.05) is 25.1 Å². The first kappa shape index (κ1) is 20.0. The number of nitrogens with zero attached hydrogens (tertiary/aromatic N) is 3. The summed E-state index contributed by atoms with van der Waals surface area (Å²) < 4.78 is 8.11. The van der Waals surface area contributed by atoms with Crippen LogP contribution in [0.25, 0.3) is 10.9 Å². The molecule has 0 radical (unpaired) electrons. The summed E-state index contributed by atoms with van der Waals surface area (Å²) in [5.74, 6) is 1.17. The van der Waals surface area contributed by atoms with E-state index in [0.29, 0.717) is 38.4 Å². The summed E-state index contributed by atoms with van der Waals surface area (Å²) in [6.07, 6.45) is 3.08. The zero-order valence-corrected chi connectivity index (χ0v) is 18.6. The van der Waals surface area contributed by atoms with Crippen LogP contribution in [0.4, 0.5) is 0 Å². The second kappa shape index (κ2) is 8.54. The van der Waals surface area contributed by atoms with Gasteiger partial charge in [0.15, 0.2) is 5.75 Å². The maximum atomic E-state index is 13.0. The Morgan fingerprint density at radius 3 is 2.74 bits per heavy atom. The lowest BCUT2D eigenvalue weighted by molar-refractivity contribution is 0.412. The highest BCUT2D eigenvalue weighted by molar-refractivity contribution is 9.10. The van der Waals surface area contributed by atoms with Gasteiger partial charge < -0.3 is 4.74 Å². The van der Waals surface area contributed by atoms with Crippen molar-refractivity contribution < 1.29 is 4.74 Å². The van der Waals surface area contributed by atoms with Gasteiger partial charge in [0.25, 0.3) is 5.56 Å². The fraction of sp³-hybridized carbons (Fsp3) is 0.211. The van der Waals surface area contributed by atoms with Crippen LogP contribution in [0.1, 0.15) is 24.7 Å². The van der Waals surface area contributed by atoms with E-state index >= 15 is 0 Å². The second-order valence-electron chi connectivity index (χ2n) is 5.82. The van der Waals surface area contributed by atoms with Crippen molar-refractivity contribution in [2.45, 2.75) is 19.8 Å². The molecule has 27 heavy (non-hydrogen) atoms. The normalized spacial score (nSPS) is 11.4. The molecule has 0 atom stereocenters. The third kappa shape index (κ3) is 4.25. The zero-order valence-electron chi connectivity index (χ0n) is 14.7. The van der Waals surface area contributed by atoms with Crippen LogP contribution in [0.15, 0.2) is 49.2 Å². The quantitative estimate of drug-likeness (QED) is 0.428. The van der Waals surface area contributed by atoms with Gasteiger partial charge in [-0.2, -0.15) is 9.78 Å². The number of hydrogen-bond donors (Lipinski definition) is 0. The molecule has 140 valence electrons. The number of aromatic nitrogens is 2. The van der Waals surface area contributed by atoms with Gasteiger partial charge in [0.1, 0.15) is 5.82 Å². The van der Waals surface area contributed by atoms with Crippen molar-refractivity contribution in [2.75, 3.05) is 7.11 Å². The number of halogens is 3. The highest BCUT2D eigenvalue weighted by atomic mass is 79.9. The minimum absolute atomic E-state index is 0.209. The summed E-state index contributed by atoms with van der Waals surface area (Å²) in [5, 5.41) is 5.36. The average Bonchev–Trinajstić information content (AvgIpc) is 2.62. The smallest absolute Gasteiger partial charge is 0.282 e. The third-order valence-electron chi connectivity index (χ3n) is 3.90. The molecule has 1 aromatic heterocycles. The lowest BCUT2D eigenvalue weighted by Crippen LogP contribution is -2.22. The molecular weight excluding hydrogens is 497 g/mol. The number of rotatable bonds is 5. The van der Waals surface area contributed by atoms with Crippen molar-refractivity contribution in [3.05, 3.63) is 66.0 Å². The fourth-order valence-corrected chi connectivity index (χ4v) is 4.09. The van der Waals surface area contributed by atoms with Crippen LogP contribution in [0.5, 0.6) is 5.75 Å². The molecule has 0 fully saturated rings. The van der Waals surface area contributed by atoms with E-state index in [-0.39, 0.29) is 5.56 Å². The molecule has 0 amide bonds. The summed E-state index contributed by atoms with van der Waals surface area (Å²) in [7, 11) is 1.55. The summed E-state index contributed by atoms with van der Waals surface area (Å²) >= 11 is 13.0. The fourth-order valence-electron chi connectivity index (χ4n) is 2.67. The van der Waals surface area contributed by atoms with E-state index in [9.17, 15) is 4.79 Å². The molecule has 1 heterocycles. The van der Waals surface area contributed by atoms with Crippen LogP contribution in [-0.2, 0) is 6.42 Å². The number of hydrogen-bond acceptors (Lipinski definition) is 4. The Labute approximate surface area is 178 Å². The van der Waals surface area contributed by atoms with Crippen molar-refractivity contribution >= 4 is 60.6 Å². The molecule has 3 rings (SSSR count). The first-order chi connectivity index (χ1) is 12.9. The molecule has 0 bridgehead atoms. The second-order valence-corrected chi connectivity index (χ2v) is 8.00. The number of aryl methyl sites for hydroxylation is 1. The van der Waals surface area contributed by atoms with Gasteiger partial charge >= 0.3 is 0 Å². The molecule has 0 spiro atoms. The Morgan fingerprint density at radius 1 is 1.30 bits per heavy atom. The Hall–Kier alpha value is -1.70. The van der Waals surface area contributed by atoms with Gasteiger partial charge in [-0.15, -0.1) is 0 Å². The van der Waals surface area contributed by atoms with Crippen LogP contribution >= 0.6 is 43.5 Å². The first-order valence-corrected chi connectivity index (χ1v) is 10.2. The number of fused-ring (bicyclic) bond motifs is 1. The monoisotopic (exact) mass is 511 g/mol. The zero-order chi connectivity index (χ0) is 19.6. The van der Waals surface area contributed by atoms with E-state index < -0.39 is 0 Å². The molecule has 0 N–H and O–H groups in total. The lowest BCUT2D eigenvalue weighted by Gasteiger charge is -2.09. The van der Waals surface area contributed by atoms with Crippen molar-refractivity contribution in [1.82, 2.24) is 9.66 Å². The number of benzene rings is 2. The summed E-state index contributed by atoms with van der Waals surface area (Å²) in [6.45, 7) is 2.03. The molecule has 0 aliphatic rings. The van der Waals surface area contributed by atoms with Gasteiger partial charge in [-0.25, -0.2) is 4.98 Å². The first-order valence-electron chi connectivity index (χ1n) is 8.23. The van der Waals surface area contributed by atoms with Crippen molar-refractivity contribution in [1.29, 1.82) is 0 Å². The summed E-state index contributed by atoms with van der Waals surface area (Å²) in [5.41, 5.74) is 1.18. The van der Waals surface area contributed by atoms with Crippen LogP contribution in [0.2, 0.25) is 5.02 Å². The van der Waals surface area contributed by atoms with Gasteiger partial charge in [0.2, 0.25) is 0 Å². The van der Waals surface area contributed by atoms with E-state index in [1.165, 1.54) is 4.68 Å². The highest BCUT2D eigenvalue weighted by Crippen LogP contribution is 2.33. The molecule has 0 aliphatic carbocycles. The van der Waals surface area contributed by atoms with Crippen molar-refractivity contribution in [3.8, 4) is 5.75 Å². The maximum absolute atomic E-state index is 13.0. The van der Waals surface area contributed by atoms with Crippen LogP contribution in [-0.4, -0.2) is 23.0 Å². The molecule has 3 aromatic rings. The van der Waals surface area contributed by atoms with Gasteiger partial charge in [0.05, 0.1) is 33.7 Å². The predicted molar refractivity (Wildman–Crippen MR) is 116 cm³/mol. The van der Waals surface area contributed by atoms with E-state index in [1.54, 1.807) is 25.5 Å². The van der Waals surface area contributed by atoms with E-state index in [0.717, 1.165) is 16.5 Å². The lowest BCUT2D eigenvalue weighted by atomic mass is 10.2. The molecule has 2 aromatic carbocycles. The molecule has 0 saturated heterocycles. The Kier molecular flexibility index (Phi) is 6.34. The molecule has 5 nitrogen and oxygen atoms in total. The topological polar surface area (TPSA) is 56.5 Å². The van der Waals surface area contributed by atoms with Crippen LogP contribution < -0.4 is 10.3 Å². The largest absolute Gasteiger partial charge is 0.494 e. The maximum Gasteiger partial charge on any atom is 0.282 e. The third-order valence-corrected chi connectivity index (χ3v) is 5.26. The molecule has 0 saturated carbocycles. The van der Waals surface area contributed by atoms with Gasteiger partial charge in [-0.05, 0) is 58.2 Å². The van der Waals surface area contributed by atoms with Gasteiger partial charge in [-0.1, -0.05) is 34.5 Å². The standard InChI is InChI=1S/C19H16Br2ClN3O2/c1-3-4-17-24-16-6-5-12(20)9-13(16)19(26)25(17)23-10-11-7-14(21)18(27-2)15(22)8-11/h5-10H,3-4H2,1-2H3. The predicted octanol–water partition coefficient (Wildman–Crippen LogP) is 5.42. The Bertz CT molecular complexity index is 1070. The Balaban J connectivity index is 2.13. The summed E-state index contributed by atoms with van der Waals surface area (Å²) in [4.78, 5) is 17.6. The van der Waals surface area contributed by atoms with E-state index in [2.05, 4.69) is 41.9 Å². The number of ether oxygens (including phenoxy) is 1. The van der Waals surface area contributed by atoms with E-state index in [4.69, 9.17) is 16.3 Å². The molecular formula is C19H16Br2ClN3O2. The van der Waals surface area contributed by atoms with Crippen LogP contribution in [0, 0.1) is 0 Å². The molecule has 0 unspecified atom stereocenters. The van der Waals surface area contributed by atoms with Gasteiger partial charge in [-0.3, -0.25) is 4.79 Å². The van der Waals surface area contributed by atoms with Crippen molar-refractivity contribution in [2.24, 2.45) is 5.10 Å². The highest BCUT2D eigenvalue weighted by Gasteiger charge is 2.11. The van der Waals surface area contributed by atoms with Crippen LogP contribution in [0.3, 0.4) is 0 Å². The average molecular weight is 514 g/mol. The summed E-state index contributed by atoms with van der Waals surface area (Å²) in [6, 6.07) is 9.00.